The van der Waals surface area contributed by atoms with Crippen molar-refractivity contribution in [2.75, 3.05) is 7.11 Å². The number of amides is 2. The van der Waals surface area contributed by atoms with Gasteiger partial charge in [-0.2, -0.15) is 5.10 Å². The number of nitrogens with two attached hydrogens (primary N) is 1. The van der Waals surface area contributed by atoms with E-state index in [1.165, 1.54) is 6.21 Å². The predicted molar refractivity (Wildman–Crippen MR) is 61.0 cm³/mol. The molecule has 0 radical (unpaired) electrons. The molecule has 0 aliphatic carbocycles. The van der Waals surface area contributed by atoms with Crippen LogP contribution in [0.25, 0.3) is 0 Å². The molecule has 0 saturated carbocycles. The fraction of sp³-hybridized carbons (Fsp3) is 0.111. The molecule has 3 N–H and O–H groups in total. The van der Waals surface area contributed by atoms with Crippen LogP contribution in [0.15, 0.2) is 27.8 Å². The lowest BCUT2D eigenvalue weighted by Gasteiger charge is -2.04. The molecule has 1 rings (SSSR count). The molecular formula is C9H10BrN3O2. The van der Waals surface area contributed by atoms with E-state index in [9.17, 15) is 4.79 Å². The number of halogens is 1. The van der Waals surface area contributed by atoms with Gasteiger partial charge in [-0.3, -0.25) is 0 Å². The van der Waals surface area contributed by atoms with Crippen molar-refractivity contribution in [2.45, 2.75) is 0 Å². The highest BCUT2D eigenvalue weighted by atomic mass is 79.9. The van der Waals surface area contributed by atoms with E-state index >= 15 is 0 Å². The molecule has 1 aromatic rings. The smallest absolute Gasteiger partial charge is 0.332 e. The van der Waals surface area contributed by atoms with Gasteiger partial charge in [-0.15, -0.1) is 0 Å². The van der Waals surface area contributed by atoms with Gasteiger partial charge in [0.05, 0.1) is 13.3 Å². The number of methoxy groups -OCH3 is 1. The van der Waals surface area contributed by atoms with Crippen LogP contribution in [-0.4, -0.2) is 19.4 Å². The molecule has 0 bridgehead atoms. The van der Waals surface area contributed by atoms with Gasteiger partial charge in [0.1, 0.15) is 5.75 Å². The van der Waals surface area contributed by atoms with Crippen LogP contribution >= 0.6 is 15.9 Å². The molecule has 80 valence electrons. The Morgan fingerprint density at radius 3 is 3.00 bits per heavy atom. The van der Waals surface area contributed by atoms with Crippen LogP contribution < -0.4 is 15.9 Å². The number of rotatable bonds is 3. The van der Waals surface area contributed by atoms with E-state index in [1.807, 2.05) is 12.1 Å². The summed E-state index contributed by atoms with van der Waals surface area (Å²) in [7, 11) is 1.56. The van der Waals surface area contributed by atoms with Gasteiger partial charge < -0.3 is 10.5 Å². The molecular weight excluding hydrogens is 262 g/mol. The first kappa shape index (κ1) is 11.5. The third kappa shape index (κ3) is 3.59. The molecule has 6 heteroatoms. The standard InChI is InChI=1S/C9H10BrN3O2/c1-15-8-3-2-7(10)4-6(8)5-12-13-9(11)14/h2-5H,1H3,(H3,11,13,14)/b12-5-. The van der Waals surface area contributed by atoms with Gasteiger partial charge in [0.2, 0.25) is 0 Å². The van der Waals surface area contributed by atoms with Crippen molar-refractivity contribution in [1.82, 2.24) is 5.43 Å². The number of ether oxygens (including phenoxy) is 1. The second kappa shape index (κ2) is 5.35. The molecule has 0 atom stereocenters. The van der Waals surface area contributed by atoms with E-state index < -0.39 is 6.03 Å². The summed E-state index contributed by atoms with van der Waals surface area (Å²) < 4.78 is 5.99. The third-order valence-electron chi connectivity index (χ3n) is 1.57. The van der Waals surface area contributed by atoms with Gasteiger partial charge >= 0.3 is 6.03 Å². The largest absolute Gasteiger partial charge is 0.496 e. The van der Waals surface area contributed by atoms with Crippen molar-refractivity contribution >= 4 is 28.2 Å². The quantitative estimate of drug-likeness (QED) is 0.645. The lowest BCUT2D eigenvalue weighted by atomic mass is 10.2. The van der Waals surface area contributed by atoms with Crippen molar-refractivity contribution in [3.05, 3.63) is 28.2 Å². The van der Waals surface area contributed by atoms with Crippen LogP contribution in [0.5, 0.6) is 5.75 Å². The van der Waals surface area contributed by atoms with E-state index in [0.717, 1.165) is 10.0 Å². The maximum atomic E-state index is 10.4. The van der Waals surface area contributed by atoms with Crippen molar-refractivity contribution in [3.8, 4) is 5.75 Å². The predicted octanol–water partition coefficient (Wildman–Crippen LogP) is 1.46. The summed E-state index contributed by atoms with van der Waals surface area (Å²) in [6.07, 6.45) is 1.45. The molecule has 1 aromatic carbocycles. The molecule has 0 saturated heterocycles. The van der Waals surface area contributed by atoms with Crippen LogP contribution in [0.4, 0.5) is 4.79 Å². The lowest BCUT2D eigenvalue weighted by Crippen LogP contribution is -2.24. The van der Waals surface area contributed by atoms with Crippen LogP contribution in [0.3, 0.4) is 0 Å². The molecule has 0 fully saturated rings. The molecule has 0 heterocycles. The Morgan fingerprint density at radius 1 is 1.67 bits per heavy atom. The van der Waals surface area contributed by atoms with Crippen LogP contribution in [0, 0.1) is 0 Å². The monoisotopic (exact) mass is 271 g/mol. The van der Waals surface area contributed by atoms with Gasteiger partial charge in [0, 0.05) is 10.0 Å². The van der Waals surface area contributed by atoms with Gasteiger partial charge in [0.25, 0.3) is 0 Å². The molecule has 5 nitrogen and oxygen atoms in total. The van der Waals surface area contributed by atoms with Crippen molar-refractivity contribution in [2.24, 2.45) is 10.8 Å². The Kier molecular flexibility index (Phi) is 4.11. The molecule has 0 aliphatic heterocycles. The highest BCUT2D eigenvalue weighted by Gasteiger charge is 2.00. The summed E-state index contributed by atoms with van der Waals surface area (Å²) >= 11 is 3.32. The minimum atomic E-state index is -0.708. The molecule has 0 unspecified atom stereocenters. The number of benzene rings is 1. The molecule has 15 heavy (non-hydrogen) atoms. The van der Waals surface area contributed by atoms with E-state index in [1.54, 1.807) is 13.2 Å². The Balaban J connectivity index is 2.87. The summed E-state index contributed by atoms with van der Waals surface area (Å²) in [5, 5.41) is 3.64. The Labute approximate surface area is 95.4 Å². The summed E-state index contributed by atoms with van der Waals surface area (Å²) in [6.45, 7) is 0. The van der Waals surface area contributed by atoms with Crippen molar-refractivity contribution in [1.29, 1.82) is 0 Å². The number of carbonyl (C=O) groups is 1. The number of primary amides is 1. The number of hydrogen-bond acceptors (Lipinski definition) is 3. The minimum absolute atomic E-state index is 0.660. The van der Waals surface area contributed by atoms with E-state index in [2.05, 4.69) is 26.5 Å². The highest BCUT2D eigenvalue weighted by molar-refractivity contribution is 9.10. The normalized spacial score (nSPS) is 10.3. The summed E-state index contributed by atoms with van der Waals surface area (Å²) in [5.74, 6) is 0.660. The zero-order chi connectivity index (χ0) is 11.3. The SMILES string of the molecule is COc1ccc(Br)cc1/C=N\NC(N)=O. The Morgan fingerprint density at radius 2 is 2.40 bits per heavy atom. The molecule has 0 spiro atoms. The zero-order valence-electron chi connectivity index (χ0n) is 8.03. The van der Waals surface area contributed by atoms with Gasteiger partial charge in [0.15, 0.2) is 0 Å². The second-order valence-electron chi connectivity index (χ2n) is 2.62. The first-order valence-corrected chi connectivity index (χ1v) is 4.85. The zero-order valence-corrected chi connectivity index (χ0v) is 9.61. The second-order valence-corrected chi connectivity index (χ2v) is 3.54. The van der Waals surface area contributed by atoms with E-state index in [0.29, 0.717) is 5.75 Å². The molecule has 2 amide bonds. The summed E-state index contributed by atoms with van der Waals surface area (Å²) in [6, 6.07) is 4.73. The topological polar surface area (TPSA) is 76.7 Å². The van der Waals surface area contributed by atoms with Gasteiger partial charge in [-0.25, -0.2) is 10.2 Å². The van der Waals surface area contributed by atoms with Crippen molar-refractivity contribution in [3.63, 3.8) is 0 Å². The van der Waals surface area contributed by atoms with Crippen LogP contribution in [-0.2, 0) is 0 Å². The van der Waals surface area contributed by atoms with Gasteiger partial charge in [-0.1, -0.05) is 15.9 Å². The number of carbonyl (C=O) groups excluding carboxylic acids is 1. The number of nitrogens with zero attached hydrogens (tertiary/aromatic N) is 1. The number of urea groups is 1. The van der Waals surface area contributed by atoms with Crippen molar-refractivity contribution < 1.29 is 9.53 Å². The summed E-state index contributed by atoms with van der Waals surface area (Å²) in [4.78, 5) is 10.4. The first-order chi connectivity index (χ1) is 7.13. The average Bonchev–Trinajstić information content (AvgIpc) is 2.17. The maximum absolute atomic E-state index is 10.4. The maximum Gasteiger partial charge on any atom is 0.332 e. The molecule has 0 aromatic heterocycles. The van der Waals surface area contributed by atoms with E-state index in [4.69, 9.17) is 10.5 Å². The minimum Gasteiger partial charge on any atom is -0.496 e. The number of nitrogens with one attached hydrogen (secondary N) is 1. The van der Waals surface area contributed by atoms with Gasteiger partial charge in [-0.05, 0) is 18.2 Å². The fourth-order valence-electron chi connectivity index (χ4n) is 0.972. The molecule has 0 aliphatic rings. The Hall–Kier alpha value is -1.56. The van der Waals surface area contributed by atoms with Crippen LogP contribution in [0.1, 0.15) is 5.56 Å². The number of hydrazone groups is 1. The average molecular weight is 272 g/mol. The summed E-state index contributed by atoms with van der Waals surface area (Å²) in [5.41, 5.74) is 7.69. The number of hydrogen-bond donors (Lipinski definition) is 2. The third-order valence-corrected chi connectivity index (χ3v) is 2.06. The van der Waals surface area contributed by atoms with Crippen LogP contribution in [0.2, 0.25) is 0 Å². The fourth-order valence-corrected chi connectivity index (χ4v) is 1.35. The lowest BCUT2D eigenvalue weighted by molar-refractivity contribution is 0.249. The highest BCUT2D eigenvalue weighted by Crippen LogP contribution is 2.21. The first-order valence-electron chi connectivity index (χ1n) is 4.05. The van der Waals surface area contributed by atoms with E-state index in [-0.39, 0.29) is 0 Å². The Bertz CT molecular complexity index is 393.